The number of aryl methyl sites for hydroxylation is 1. The fraction of sp³-hybridized carbons (Fsp3) is 0.562. The molecule has 1 heterocycles. The molecule has 1 fully saturated rings. The lowest BCUT2D eigenvalue weighted by atomic mass is 10.2. The summed E-state index contributed by atoms with van der Waals surface area (Å²) in [5.41, 5.74) is 1.77. The fourth-order valence-corrected chi connectivity index (χ4v) is 2.75. The van der Waals surface area contributed by atoms with Gasteiger partial charge < -0.3 is 10.2 Å². The molecular weight excluding hydrogens is 286 g/mol. The number of anilines is 1. The van der Waals surface area contributed by atoms with Crippen molar-refractivity contribution in [3.05, 3.63) is 28.8 Å². The zero-order chi connectivity index (χ0) is 15.2. The minimum absolute atomic E-state index is 0.0594. The van der Waals surface area contributed by atoms with E-state index in [4.69, 9.17) is 11.6 Å². The third kappa shape index (κ3) is 4.61. The highest BCUT2D eigenvalue weighted by Gasteiger charge is 2.21. The summed E-state index contributed by atoms with van der Waals surface area (Å²) in [6.07, 6.45) is 2.44. The molecule has 4 nitrogen and oxygen atoms in total. The number of unbranched alkanes of at least 4 members (excludes halogenated alkanes) is 1. The van der Waals surface area contributed by atoms with Gasteiger partial charge in [0.25, 0.3) is 0 Å². The van der Waals surface area contributed by atoms with E-state index >= 15 is 0 Å². The number of hydrogen-bond donors (Lipinski definition) is 1. The molecule has 1 aromatic rings. The van der Waals surface area contributed by atoms with Crippen LogP contribution in [0.1, 0.15) is 25.3 Å². The summed E-state index contributed by atoms with van der Waals surface area (Å²) in [7, 11) is 0. The minimum Gasteiger partial charge on any atom is -0.322 e. The van der Waals surface area contributed by atoms with E-state index < -0.39 is 0 Å². The SMILES string of the molecule is CCCCN1CCN(C(=O)Nc2ccc(C)cc2Cl)CC1. The molecule has 1 saturated heterocycles. The number of amides is 2. The first-order valence-electron chi connectivity index (χ1n) is 7.64. The van der Waals surface area contributed by atoms with Gasteiger partial charge in [-0.05, 0) is 37.6 Å². The lowest BCUT2D eigenvalue weighted by Crippen LogP contribution is -2.50. The Kier molecular flexibility index (Phi) is 5.88. The van der Waals surface area contributed by atoms with Crippen molar-refractivity contribution in [1.29, 1.82) is 0 Å². The van der Waals surface area contributed by atoms with Crippen LogP contribution in [0.3, 0.4) is 0 Å². The molecular formula is C16H24ClN3O. The van der Waals surface area contributed by atoms with E-state index in [-0.39, 0.29) is 6.03 Å². The second kappa shape index (κ2) is 7.66. The van der Waals surface area contributed by atoms with E-state index in [1.54, 1.807) is 0 Å². The number of halogens is 1. The lowest BCUT2D eigenvalue weighted by molar-refractivity contribution is 0.146. The van der Waals surface area contributed by atoms with Gasteiger partial charge in [0.1, 0.15) is 0 Å². The van der Waals surface area contributed by atoms with E-state index in [2.05, 4.69) is 17.1 Å². The van der Waals surface area contributed by atoms with Crippen LogP contribution in [0, 0.1) is 6.92 Å². The van der Waals surface area contributed by atoms with Crippen molar-refractivity contribution < 1.29 is 4.79 Å². The summed E-state index contributed by atoms with van der Waals surface area (Å²) in [4.78, 5) is 16.5. The van der Waals surface area contributed by atoms with Crippen molar-refractivity contribution in [2.45, 2.75) is 26.7 Å². The molecule has 5 heteroatoms. The Morgan fingerprint density at radius 1 is 1.29 bits per heavy atom. The number of piperazine rings is 1. The van der Waals surface area contributed by atoms with Crippen molar-refractivity contribution in [3.8, 4) is 0 Å². The van der Waals surface area contributed by atoms with Gasteiger partial charge >= 0.3 is 6.03 Å². The highest BCUT2D eigenvalue weighted by molar-refractivity contribution is 6.33. The summed E-state index contributed by atoms with van der Waals surface area (Å²) in [5, 5.41) is 3.49. The molecule has 0 unspecified atom stereocenters. The average Bonchev–Trinajstić information content (AvgIpc) is 2.48. The maximum atomic E-state index is 12.3. The Balaban J connectivity index is 1.84. The molecule has 1 aliphatic heterocycles. The van der Waals surface area contributed by atoms with Crippen molar-refractivity contribution in [2.24, 2.45) is 0 Å². The third-order valence-corrected chi connectivity index (χ3v) is 4.17. The second-order valence-corrected chi connectivity index (χ2v) is 6.00. The van der Waals surface area contributed by atoms with Gasteiger partial charge in [0.15, 0.2) is 0 Å². The Morgan fingerprint density at radius 2 is 2.00 bits per heavy atom. The van der Waals surface area contributed by atoms with Crippen LogP contribution in [-0.4, -0.2) is 48.6 Å². The van der Waals surface area contributed by atoms with Gasteiger partial charge in [-0.15, -0.1) is 0 Å². The molecule has 1 N–H and O–H groups in total. The maximum absolute atomic E-state index is 12.3. The zero-order valence-electron chi connectivity index (χ0n) is 12.9. The van der Waals surface area contributed by atoms with Crippen LogP contribution >= 0.6 is 11.6 Å². The lowest BCUT2D eigenvalue weighted by Gasteiger charge is -2.34. The Hall–Kier alpha value is -1.26. The molecule has 116 valence electrons. The fourth-order valence-electron chi connectivity index (χ4n) is 2.47. The number of nitrogens with one attached hydrogen (secondary N) is 1. The van der Waals surface area contributed by atoms with Gasteiger partial charge in [-0.2, -0.15) is 0 Å². The smallest absolute Gasteiger partial charge is 0.321 e. The van der Waals surface area contributed by atoms with Crippen molar-refractivity contribution in [3.63, 3.8) is 0 Å². The normalized spacial score (nSPS) is 16.0. The molecule has 0 aromatic heterocycles. The van der Waals surface area contributed by atoms with E-state index in [1.807, 2.05) is 30.0 Å². The van der Waals surface area contributed by atoms with Crippen molar-refractivity contribution in [2.75, 3.05) is 38.0 Å². The number of hydrogen-bond acceptors (Lipinski definition) is 2. The molecule has 21 heavy (non-hydrogen) atoms. The van der Waals surface area contributed by atoms with Crippen molar-refractivity contribution in [1.82, 2.24) is 9.80 Å². The quantitative estimate of drug-likeness (QED) is 0.922. The number of urea groups is 1. The maximum Gasteiger partial charge on any atom is 0.321 e. The van der Waals surface area contributed by atoms with E-state index in [0.29, 0.717) is 10.7 Å². The van der Waals surface area contributed by atoms with E-state index in [1.165, 1.54) is 12.8 Å². The zero-order valence-corrected chi connectivity index (χ0v) is 13.6. The molecule has 0 atom stereocenters. The van der Waals surface area contributed by atoms with Gasteiger partial charge in [-0.3, -0.25) is 4.90 Å². The van der Waals surface area contributed by atoms with Crippen LogP contribution in [0.15, 0.2) is 18.2 Å². The molecule has 1 aliphatic rings. The summed E-state index contributed by atoms with van der Waals surface area (Å²) >= 11 is 6.15. The molecule has 2 rings (SSSR count). The van der Waals surface area contributed by atoms with Gasteiger partial charge in [-0.25, -0.2) is 4.79 Å². The Bertz CT molecular complexity index is 484. The molecule has 0 spiro atoms. The highest BCUT2D eigenvalue weighted by atomic mass is 35.5. The summed E-state index contributed by atoms with van der Waals surface area (Å²) in [6.45, 7) is 8.78. The summed E-state index contributed by atoms with van der Waals surface area (Å²) in [5.74, 6) is 0. The number of nitrogens with zero attached hydrogens (tertiary/aromatic N) is 2. The first-order chi connectivity index (χ1) is 10.1. The predicted molar refractivity (Wildman–Crippen MR) is 88.1 cm³/mol. The Morgan fingerprint density at radius 3 is 2.62 bits per heavy atom. The Labute approximate surface area is 132 Å². The topological polar surface area (TPSA) is 35.6 Å². The molecule has 0 aliphatic carbocycles. The number of rotatable bonds is 4. The standard InChI is InChI=1S/C16H24ClN3O/c1-3-4-7-19-8-10-20(11-9-19)16(21)18-15-6-5-13(2)12-14(15)17/h5-6,12H,3-4,7-11H2,1-2H3,(H,18,21). The highest BCUT2D eigenvalue weighted by Crippen LogP contribution is 2.23. The molecule has 2 amide bonds. The second-order valence-electron chi connectivity index (χ2n) is 5.60. The van der Waals surface area contributed by atoms with Gasteiger partial charge in [-0.1, -0.05) is 31.0 Å². The van der Waals surface area contributed by atoms with Crippen LogP contribution in [0.5, 0.6) is 0 Å². The number of benzene rings is 1. The van der Waals surface area contributed by atoms with E-state index in [0.717, 1.165) is 38.3 Å². The molecule has 1 aromatic carbocycles. The third-order valence-electron chi connectivity index (χ3n) is 3.85. The van der Waals surface area contributed by atoms with Crippen LogP contribution < -0.4 is 5.32 Å². The van der Waals surface area contributed by atoms with Crippen LogP contribution in [0.25, 0.3) is 0 Å². The molecule has 0 saturated carbocycles. The monoisotopic (exact) mass is 309 g/mol. The number of carbonyl (C=O) groups is 1. The molecule has 0 bridgehead atoms. The van der Waals surface area contributed by atoms with Gasteiger partial charge in [0, 0.05) is 26.2 Å². The first-order valence-corrected chi connectivity index (χ1v) is 8.02. The minimum atomic E-state index is -0.0594. The van der Waals surface area contributed by atoms with E-state index in [9.17, 15) is 4.79 Å². The number of carbonyl (C=O) groups excluding carboxylic acids is 1. The largest absolute Gasteiger partial charge is 0.322 e. The first kappa shape index (κ1) is 16.1. The van der Waals surface area contributed by atoms with Gasteiger partial charge in [0.2, 0.25) is 0 Å². The van der Waals surface area contributed by atoms with Crippen LogP contribution in [-0.2, 0) is 0 Å². The summed E-state index contributed by atoms with van der Waals surface area (Å²) < 4.78 is 0. The summed E-state index contributed by atoms with van der Waals surface area (Å²) in [6, 6.07) is 5.60. The molecule has 0 radical (unpaired) electrons. The van der Waals surface area contributed by atoms with Crippen LogP contribution in [0.2, 0.25) is 5.02 Å². The van der Waals surface area contributed by atoms with Gasteiger partial charge in [0.05, 0.1) is 10.7 Å². The predicted octanol–water partition coefficient (Wildman–Crippen LogP) is 3.60. The van der Waals surface area contributed by atoms with Crippen LogP contribution in [0.4, 0.5) is 10.5 Å². The average molecular weight is 310 g/mol. The van der Waals surface area contributed by atoms with Crippen molar-refractivity contribution >= 4 is 23.3 Å².